The van der Waals surface area contributed by atoms with Gasteiger partial charge in [0.2, 0.25) is 0 Å². The van der Waals surface area contributed by atoms with E-state index < -0.39 is 0 Å². The smallest absolute Gasteiger partial charge is 0.00315 e. The van der Waals surface area contributed by atoms with Gasteiger partial charge in [0.05, 0.1) is 0 Å². The van der Waals surface area contributed by atoms with Crippen LogP contribution in [-0.2, 0) is 0 Å². The van der Waals surface area contributed by atoms with Crippen molar-refractivity contribution in [3.63, 3.8) is 0 Å². The van der Waals surface area contributed by atoms with E-state index in [0.29, 0.717) is 0 Å². The minimum atomic E-state index is 0.769. The molecule has 0 bridgehead atoms. The Kier molecular flexibility index (Phi) is 7.58. The summed E-state index contributed by atoms with van der Waals surface area (Å²) in [5.74, 6) is 0.769. The van der Waals surface area contributed by atoms with Crippen LogP contribution in [0.1, 0.15) is 56.9 Å². The maximum atomic E-state index is 3.53. The summed E-state index contributed by atoms with van der Waals surface area (Å²) in [6.07, 6.45) is 8.02. The van der Waals surface area contributed by atoms with Crippen LogP contribution in [0.15, 0.2) is 30.3 Å². The van der Waals surface area contributed by atoms with Gasteiger partial charge in [0, 0.05) is 5.33 Å². The molecule has 1 atom stereocenters. The van der Waals surface area contributed by atoms with Crippen molar-refractivity contribution in [2.75, 3.05) is 5.33 Å². The number of benzene rings is 1. The van der Waals surface area contributed by atoms with Crippen LogP contribution in [0.3, 0.4) is 0 Å². The van der Waals surface area contributed by atoms with Crippen molar-refractivity contribution in [3.8, 4) is 0 Å². The zero-order valence-electron chi connectivity index (χ0n) is 10.3. The van der Waals surface area contributed by atoms with E-state index in [0.717, 1.165) is 11.2 Å². The number of halogens is 1. The van der Waals surface area contributed by atoms with Crippen molar-refractivity contribution in [1.82, 2.24) is 0 Å². The van der Waals surface area contributed by atoms with Gasteiger partial charge in [0.25, 0.3) is 0 Å². The summed E-state index contributed by atoms with van der Waals surface area (Å²) >= 11 is 3.53. The van der Waals surface area contributed by atoms with Crippen molar-refractivity contribution >= 4 is 15.9 Å². The fourth-order valence-corrected chi connectivity index (χ4v) is 2.49. The van der Waals surface area contributed by atoms with E-state index in [2.05, 4.69) is 53.2 Å². The van der Waals surface area contributed by atoms with Crippen molar-refractivity contribution in [2.24, 2.45) is 0 Å². The average Bonchev–Trinajstić information content (AvgIpc) is 2.35. The van der Waals surface area contributed by atoms with Gasteiger partial charge in [-0.25, -0.2) is 0 Å². The zero-order chi connectivity index (χ0) is 11.6. The summed E-state index contributed by atoms with van der Waals surface area (Å²) in [6.45, 7) is 2.27. The van der Waals surface area contributed by atoms with Crippen LogP contribution in [0.5, 0.6) is 0 Å². The predicted molar refractivity (Wildman–Crippen MR) is 76.4 cm³/mol. The number of hydrogen-bond acceptors (Lipinski definition) is 0. The Bertz CT molecular complexity index is 255. The average molecular weight is 283 g/mol. The fourth-order valence-electron chi connectivity index (χ4n) is 2.17. The van der Waals surface area contributed by atoms with E-state index in [9.17, 15) is 0 Å². The highest BCUT2D eigenvalue weighted by molar-refractivity contribution is 9.09. The lowest BCUT2D eigenvalue weighted by atomic mass is 9.89. The van der Waals surface area contributed by atoms with Gasteiger partial charge in [-0.2, -0.15) is 0 Å². The fraction of sp³-hybridized carbons (Fsp3) is 0.600. The number of hydrogen-bond donors (Lipinski definition) is 0. The molecule has 0 radical (unpaired) electrons. The van der Waals surface area contributed by atoms with Crippen LogP contribution in [0, 0.1) is 0 Å². The van der Waals surface area contributed by atoms with Gasteiger partial charge in [-0.15, -0.1) is 0 Å². The SMILES string of the molecule is CCCCCC(CCCBr)c1ccccc1. The van der Waals surface area contributed by atoms with Gasteiger partial charge >= 0.3 is 0 Å². The summed E-state index contributed by atoms with van der Waals surface area (Å²) in [5, 5.41) is 1.13. The zero-order valence-corrected chi connectivity index (χ0v) is 11.9. The summed E-state index contributed by atoms with van der Waals surface area (Å²) in [7, 11) is 0. The molecule has 16 heavy (non-hydrogen) atoms. The van der Waals surface area contributed by atoms with Gasteiger partial charge in [-0.3, -0.25) is 0 Å². The highest BCUT2D eigenvalue weighted by Gasteiger charge is 2.09. The van der Waals surface area contributed by atoms with E-state index in [-0.39, 0.29) is 0 Å². The third kappa shape index (κ3) is 5.16. The van der Waals surface area contributed by atoms with Crippen LogP contribution in [-0.4, -0.2) is 5.33 Å². The Morgan fingerprint density at radius 3 is 2.31 bits per heavy atom. The van der Waals surface area contributed by atoms with E-state index in [4.69, 9.17) is 0 Å². The lowest BCUT2D eigenvalue weighted by Gasteiger charge is -2.16. The lowest BCUT2D eigenvalue weighted by molar-refractivity contribution is 0.531. The standard InChI is InChI=1S/C15H23Br/c1-2-3-5-9-15(12-8-13-16)14-10-6-4-7-11-14/h4,6-7,10-11,15H,2-3,5,8-9,12-13H2,1H3. The molecule has 0 heterocycles. The molecule has 1 unspecified atom stereocenters. The molecule has 0 saturated heterocycles. The highest BCUT2D eigenvalue weighted by Crippen LogP contribution is 2.27. The predicted octanol–water partition coefficient (Wildman–Crippen LogP) is 5.53. The molecule has 1 heteroatoms. The van der Waals surface area contributed by atoms with Gasteiger partial charge in [0.1, 0.15) is 0 Å². The van der Waals surface area contributed by atoms with Crippen LogP contribution in [0.4, 0.5) is 0 Å². The van der Waals surface area contributed by atoms with E-state index in [1.54, 1.807) is 0 Å². The monoisotopic (exact) mass is 282 g/mol. The summed E-state index contributed by atoms with van der Waals surface area (Å²) in [5.41, 5.74) is 1.53. The molecule has 0 spiro atoms. The first kappa shape index (κ1) is 13.8. The normalized spacial score (nSPS) is 12.6. The van der Waals surface area contributed by atoms with Crippen molar-refractivity contribution < 1.29 is 0 Å². The Balaban J connectivity index is 2.49. The molecular weight excluding hydrogens is 260 g/mol. The molecule has 0 amide bonds. The highest BCUT2D eigenvalue weighted by atomic mass is 79.9. The first-order valence-electron chi connectivity index (χ1n) is 6.49. The Morgan fingerprint density at radius 2 is 1.69 bits per heavy atom. The van der Waals surface area contributed by atoms with Gasteiger partial charge in [0.15, 0.2) is 0 Å². The third-order valence-corrected chi connectivity index (χ3v) is 3.67. The maximum Gasteiger partial charge on any atom is 0.00315 e. The minimum absolute atomic E-state index is 0.769. The second-order valence-electron chi connectivity index (χ2n) is 4.43. The summed E-state index contributed by atoms with van der Waals surface area (Å²) in [4.78, 5) is 0. The van der Waals surface area contributed by atoms with Crippen LogP contribution in [0.25, 0.3) is 0 Å². The van der Waals surface area contributed by atoms with E-state index >= 15 is 0 Å². The molecule has 0 aromatic heterocycles. The topological polar surface area (TPSA) is 0 Å². The molecule has 90 valence electrons. The molecule has 0 fully saturated rings. The molecule has 0 aliphatic rings. The Morgan fingerprint density at radius 1 is 1.00 bits per heavy atom. The largest absolute Gasteiger partial charge is 0.0928 e. The molecule has 1 aromatic rings. The van der Waals surface area contributed by atoms with Crippen molar-refractivity contribution in [2.45, 2.75) is 51.4 Å². The Hall–Kier alpha value is -0.300. The first-order valence-corrected chi connectivity index (χ1v) is 7.61. The van der Waals surface area contributed by atoms with Crippen molar-refractivity contribution in [3.05, 3.63) is 35.9 Å². The lowest BCUT2D eigenvalue weighted by Crippen LogP contribution is -1.99. The third-order valence-electron chi connectivity index (χ3n) is 3.11. The molecular formula is C15H23Br. The van der Waals surface area contributed by atoms with Crippen LogP contribution < -0.4 is 0 Å². The molecule has 0 aliphatic carbocycles. The molecule has 0 aliphatic heterocycles. The second-order valence-corrected chi connectivity index (χ2v) is 5.23. The molecule has 0 saturated carbocycles. The molecule has 0 nitrogen and oxygen atoms in total. The van der Waals surface area contributed by atoms with Crippen LogP contribution >= 0.6 is 15.9 Å². The molecule has 0 N–H and O–H groups in total. The number of rotatable bonds is 8. The van der Waals surface area contributed by atoms with Gasteiger partial charge in [-0.1, -0.05) is 72.4 Å². The summed E-state index contributed by atoms with van der Waals surface area (Å²) in [6, 6.07) is 11.0. The van der Waals surface area contributed by atoms with E-state index in [1.807, 2.05) is 0 Å². The van der Waals surface area contributed by atoms with Gasteiger partial charge in [-0.05, 0) is 30.7 Å². The summed E-state index contributed by atoms with van der Waals surface area (Å²) < 4.78 is 0. The number of alkyl halides is 1. The quantitative estimate of drug-likeness (QED) is 0.435. The molecule has 1 rings (SSSR count). The Labute approximate surface area is 109 Å². The number of unbranched alkanes of at least 4 members (excludes halogenated alkanes) is 2. The minimum Gasteiger partial charge on any atom is -0.0928 e. The van der Waals surface area contributed by atoms with Crippen LogP contribution in [0.2, 0.25) is 0 Å². The molecule has 1 aromatic carbocycles. The second kappa shape index (κ2) is 8.81. The van der Waals surface area contributed by atoms with Gasteiger partial charge < -0.3 is 0 Å². The first-order chi connectivity index (χ1) is 7.88. The maximum absolute atomic E-state index is 3.53. The van der Waals surface area contributed by atoms with E-state index in [1.165, 1.54) is 44.1 Å². The van der Waals surface area contributed by atoms with Crippen molar-refractivity contribution in [1.29, 1.82) is 0 Å².